The molecule has 12 heteroatoms. The number of aromatic nitrogens is 5. The van der Waals surface area contributed by atoms with Crippen LogP contribution in [-0.4, -0.2) is 83.8 Å². The van der Waals surface area contributed by atoms with E-state index in [1.54, 1.807) is 7.11 Å². The quantitative estimate of drug-likeness (QED) is 0.179. The number of hydrogen-bond acceptors (Lipinski definition) is 9. The summed E-state index contributed by atoms with van der Waals surface area (Å²) in [6.07, 6.45) is 5.68. The van der Waals surface area contributed by atoms with Crippen LogP contribution in [-0.2, 0) is 19.0 Å². The molecular formula is C30H41N7O5. The Morgan fingerprint density at radius 2 is 1.81 bits per heavy atom. The molecule has 1 aliphatic carbocycles. The highest BCUT2D eigenvalue weighted by Crippen LogP contribution is 2.39. The van der Waals surface area contributed by atoms with E-state index >= 15 is 0 Å². The van der Waals surface area contributed by atoms with E-state index in [1.165, 1.54) is 6.33 Å². The van der Waals surface area contributed by atoms with Crippen LogP contribution >= 0.6 is 0 Å². The fourth-order valence-electron chi connectivity index (χ4n) is 5.55. The maximum Gasteiger partial charge on any atom is 0.223 e. The minimum Gasteiger partial charge on any atom is -0.495 e. The summed E-state index contributed by atoms with van der Waals surface area (Å²) in [5, 5.41) is 8.55. The van der Waals surface area contributed by atoms with Gasteiger partial charge in [0.25, 0.3) is 0 Å². The molecule has 3 aromatic heterocycles. The molecule has 0 aliphatic heterocycles. The fraction of sp³-hybridized carbons (Fsp3) is 0.533. The standard InChI is InChI=1S/C30H41N7O5/c1-3-12-40-14-16-42-17-15-41-13-11-32-30(38)21-9-7-20(8-10-21)29-36-26(27-28(31)33-19-34-37(27)29)23-18-22-5-4-6-24(39-2)25(22)35-23/h4-6,18-21,35H,3,7-17H2,1-2H3,(H,32,38)(H2,31,33,34). The molecule has 1 aromatic carbocycles. The van der Waals surface area contributed by atoms with Crippen molar-refractivity contribution in [1.29, 1.82) is 0 Å². The molecule has 0 atom stereocenters. The van der Waals surface area contributed by atoms with Gasteiger partial charge < -0.3 is 35.0 Å². The third kappa shape index (κ3) is 6.83. The van der Waals surface area contributed by atoms with E-state index in [-0.39, 0.29) is 17.7 Å². The lowest BCUT2D eigenvalue weighted by Gasteiger charge is -2.26. The Morgan fingerprint density at radius 3 is 2.55 bits per heavy atom. The SMILES string of the molecule is CCCOCCOCCOCCNC(=O)C1CCC(c2nc(-c3cc4cccc(OC)c4[nH]3)c3c(N)ncnn23)CC1. The first-order valence-electron chi connectivity index (χ1n) is 14.8. The van der Waals surface area contributed by atoms with E-state index in [0.29, 0.717) is 56.6 Å². The summed E-state index contributed by atoms with van der Waals surface area (Å²) in [4.78, 5) is 25.5. The van der Waals surface area contributed by atoms with Crippen molar-refractivity contribution in [2.24, 2.45) is 5.92 Å². The summed E-state index contributed by atoms with van der Waals surface area (Å²) in [7, 11) is 1.65. The number of nitrogens with two attached hydrogens (primary N) is 1. The summed E-state index contributed by atoms with van der Waals surface area (Å²) in [5.41, 5.74) is 9.43. The Bertz CT molecular complexity index is 1460. The molecule has 1 aliphatic rings. The normalized spacial score (nSPS) is 17.2. The van der Waals surface area contributed by atoms with Gasteiger partial charge in [-0.05, 0) is 44.2 Å². The summed E-state index contributed by atoms with van der Waals surface area (Å²) >= 11 is 0. The summed E-state index contributed by atoms with van der Waals surface area (Å²) in [6.45, 7) is 5.96. The number of methoxy groups -OCH3 is 1. The zero-order chi connectivity index (χ0) is 29.3. The van der Waals surface area contributed by atoms with Crippen LogP contribution in [0.2, 0.25) is 0 Å². The second-order valence-corrected chi connectivity index (χ2v) is 10.5. The van der Waals surface area contributed by atoms with Crippen molar-refractivity contribution in [3.63, 3.8) is 0 Å². The van der Waals surface area contributed by atoms with Crippen LogP contribution in [0.4, 0.5) is 5.82 Å². The van der Waals surface area contributed by atoms with Crippen LogP contribution in [0.25, 0.3) is 27.8 Å². The summed E-state index contributed by atoms with van der Waals surface area (Å²) in [6, 6.07) is 7.94. The maximum absolute atomic E-state index is 12.8. The van der Waals surface area contributed by atoms with Gasteiger partial charge in [0.15, 0.2) is 5.82 Å². The van der Waals surface area contributed by atoms with Gasteiger partial charge in [-0.2, -0.15) is 5.10 Å². The third-order valence-electron chi connectivity index (χ3n) is 7.68. The number of benzene rings is 1. The van der Waals surface area contributed by atoms with Gasteiger partial charge in [-0.1, -0.05) is 19.1 Å². The van der Waals surface area contributed by atoms with Gasteiger partial charge in [0.05, 0.1) is 51.4 Å². The Morgan fingerprint density at radius 1 is 1.07 bits per heavy atom. The number of carbonyl (C=O) groups excluding carboxylic acids is 1. The first kappa shape index (κ1) is 29.7. The fourth-order valence-corrected chi connectivity index (χ4v) is 5.55. The van der Waals surface area contributed by atoms with E-state index < -0.39 is 0 Å². The molecule has 1 saturated carbocycles. The average molecular weight is 580 g/mol. The number of hydrogen-bond donors (Lipinski definition) is 3. The van der Waals surface area contributed by atoms with E-state index in [4.69, 9.17) is 29.7 Å². The molecule has 3 heterocycles. The number of nitrogen functional groups attached to an aromatic ring is 1. The van der Waals surface area contributed by atoms with Crippen LogP contribution < -0.4 is 15.8 Å². The van der Waals surface area contributed by atoms with Gasteiger partial charge in [-0.15, -0.1) is 0 Å². The number of nitrogens with one attached hydrogen (secondary N) is 2. The highest BCUT2D eigenvalue weighted by molar-refractivity contribution is 5.93. The Kier molecular flexibility index (Phi) is 10.2. The second kappa shape index (κ2) is 14.4. The number of rotatable bonds is 15. The van der Waals surface area contributed by atoms with Gasteiger partial charge in [0.1, 0.15) is 29.1 Å². The molecule has 12 nitrogen and oxygen atoms in total. The number of nitrogens with zero attached hydrogens (tertiary/aromatic N) is 4. The lowest BCUT2D eigenvalue weighted by Crippen LogP contribution is -2.35. The predicted molar refractivity (Wildman–Crippen MR) is 159 cm³/mol. The summed E-state index contributed by atoms with van der Waals surface area (Å²) < 4.78 is 23.7. The van der Waals surface area contributed by atoms with Gasteiger partial charge in [-0.25, -0.2) is 14.5 Å². The molecule has 4 aromatic rings. The first-order valence-corrected chi connectivity index (χ1v) is 14.8. The van der Waals surface area contributed by atoms with Crippen LogP contribution in [0.5, 0.6) is 5.75 Å². The number of carbonyl (C=O) groups is 1. The van der Waals surface area contributed by atoms with Gasteiger partial charge in [-0.3, -0.25) is 4.79 Å². The number of fused-ring (bicyclic) bond motifs is 2. The Balaban J connectivity index is 1.15. The molecule has 4 N–H and O–H groups in total. The number of para-hydroxylation sites is 1. The average Bonchev–Trinajstić information content (AvgIpc) is 3.62. The minimum atomic E-state index is -0.0285. The smallest absolute Gasteiger partial charge is 0.223 e. The predicted octanol–water partition coefficient (Wildman–Crippen LogP) is 3.71. The van der Waals surface area contributed by atoms with Crippen LogP contribution in [0.15, 0.2) is 30.6 Å². The number of H-pyrrole nitrogens is 1. The zero-order valence-corrected chi connectivity index (χ0v) is 24.4. The molecule has 0 radical (unpaired) electrons. The second-order valence-electron chi connectivity index (χ2n) is 10.5. The largest absolute Gasteiger partial charge is 0.495 e. The van der Waals surface area contributed by atoms with E-state index in [2.05, 4.69) is 27.3 Å². The highest BCUT2D eigenvalue weighted by Gasteiger charge is 2.31. The highest BCUT2D eigenvalue weighted by atomic mass is 16.5. The first-order chi connectivity index (χ1) is 20.6. The molecule has 0 saturated heterocycles. The lowest BCUT2D eigenvalue weighted by molar-refractivity contribution is -0.126. The van der Waals surface area contributed by atoms with Crippen LogP contribution in [0.1, 0.15) is 50.8 Å². The van der Waals surface area contributed by atoms with Gasteiger partial charge in [0.2, 0.25) is 5.91 Å². The molecule has 42 heavy (non-hydrogen) atoms. The summed E-state index contributed by atoms with van der Waals surface area (Å²) in [5.74, 6) is 2.16. The molecule has 0 bridgehead atoms. The molecule has 5 rings (SSSR count). The molecule has 0 spiro atoms. The number of amides is 1. The lowest BCUT2D eigenvalue weighted by atomic mass is 9.81. The molecule has 226 valence electrons. The topological polar surface area (TPSA) is 151 Å². The van der Waals surface area contributed by atoms with Crippen molar-refractivity contribution in [1.82, 2.24) is 29.9 Å². The molecule has 1 fully saturated rings. The van der Waals surface area contributed by atoms with Crippen LogP contribution in [0.3, 0.4) is 0 Å². The van der Waals surface area contributed by atoms with Gasteiger partial charge >= 0.3 is 0 Å². The maximum atomic E-state index is 12.8. The van der Waals surface area contributed by atoms with Crippen molar-refractivity contribution in [2.45, 2.75) is 44.9 Å². The number of imidazole rings is 1. The zero-order valence-electron chi connectivity index (χ0n) is 24.4. The van der Waals surface area contributed by atoms with E-state index in [9.17, 15) is 4.79 Å². The van der Waals surface area contributed by atoms with Crippen molar-refractivity contribution in [3.05, 3.63) is 36.4 Å². The number of anilines is 1. The van der Waals surface area contributed by atoms with Crippen LogP contribution in [0, 0.1) is 5.92 Å². The van der Waals surface area contributed by atoms with E-state index in [0.717, 1.165) is 66.9 Å². The van der Waals surface area contributed by atoms with Crippen molar-refractivity contribution in [3.8, 4) is 17.1 Å². The number of aromatic amines is 1. The Hall–Kier alpha value is -3.74. The van der Waals surface area contributed by atoms with Crippen molar-refractivity contribution in [2.75, 3.05) is 59.0 Å². The van der Waals surface area contributed by atoms with Crippen molar-refractivity contribution < 1.29 is 23.7 Å². The molecular weight excluding hydrogens is 538 g/mol. The molecule has 0 unspecified atom stereocenters. The van der Waals surface area contributed by atoms with Crippen molar-refractivity contribution >= 4 is 28.1 Å². The Labute approximate surface area is 245 Å². The minimum absolute atomic E-state index is 0.0285. The monoisotopic (exact) mass is 579 g/mol. The van der Waals surface area contributed by atoms with Gasteiger partial charge in [0, 0.05) is 30.4 Å². The van der Waals surface area contributed by atoms with E-state index in [1.807, 2.05) is 28.8 Å². The molecule has 1 amide bonds. The number of ether oxygens (including phenoxy) is 4. The third-order valence-corrected chi connectivity index (χ3v) is 7.68.